The summed E-state index contributed by atoms with van der Waals surface area (Å²) >= 11 is 0. The Hall–Kier alpha value is -1.51. The van der Waals surface area contributed by atoms with Crippen molar-refractivity contribution < 1.29 is 9.90 Å². The van der Waals surface area contributed by atoms with Gasteiger partial charge in [0.15, 0.2) is 0 Å². The fraction of sp³-hybridized carbons (Fsp3) is 0.611. The number of para-hydroxylation sites is 1. The highest BCUT2D eigenvalue weighted by molar-refractivity contribution is 5.66. The fourth-order valence-electron chi connectivity index (χ4n) is 3.70. The topological polar surface area (TPSA) is 40.5 Å². The van der Waals surface area contributed by atoms with E-state index in [0.29, 0.717) is 12.5 Å². The predicted molar refractivity (Wildman–Crippen MR) is 86.6 cm³/mol. The zero-order valence-electron chi connectivity index (χ0n) is 13.2. The van der Waals surface area contributed by atoms with Crippen LogP contribution in [-0.4, -0.2) is 23.7 Å². The van der Waals surface area contributed by atoms with Crippen LogP contribution in [0.3, 0.4) is 0 Å². The van der Waals surface area contributed by atoms with Gasteiger partial charge >= 0.3 is 5.97 Å². The zero-order valence-corrected chi connectivity index (χ0v) is 13.2. The van der Waals surface area contributed by atoms with Crippen molar-refractivity contribution in [1.29, 1.82) is 0 Å². The Morgan fingerprint density at radius 2 is 1.76 bits per heavy atom. The van der Waals surface area contributed by atoms with E-state index in [0.717, 1.165) is 18.4 Å². The molecule has 0 bridgehead atoms. The number of aliphatic carboxylic acids is 1. The maximum Gasteiger partial charge on any atom is 0.303 e. The number of rotatable bonds is 6. The van der Waals surface area contributed by atoms with E-state index in [1.54, 1.807) is 0 Å². The van der Waals surface area contributed by atoms with Crippen LogP contribution in [0.25, 0.3) is 0 Å². The van der Waals surface area contributed by atoms with Gasteiger partial charge in [0.05, 0.1) is 0 Å². The van der Waals surface area contributed by atoms with E-state index >= 15 is 0 Å². The fourth-order valence-corrected chi connectivity index (χ4v) is 3.70. The number of benzene rings is 1. The van der Waals surface area contributed by atoms with E-state index in [9.17, 15) is 4.79 Å². The van der Waals surface area contributed by atoms with Gasteiger partial charge in [0, 0.05) is 24.7 Å². The van der Waals surface area contributed by atoms with Crippen molar-refractivity contribution in [2.24, 2.45) is 11.8 Å². The summed E-state index contributed by atoms with van der Waals surface area (Å²) in [6.07, 6.45) is 4.71. The summed E-state index contributed by atoms with van der Waals surface area (Å²) in [4.78, 5) is 13.2. The van der Waals surface area contributed by atoms with Crippen LogP contribution in [0.5, 0.6) is 0 Å². The van der Waals surface area contributed by atoms with Crippen molar-refractivity contribution in [2.75, 3.05) is 11.4 Å². The van der Waals surface area contributed by atoms with Crippen molar-refractivity contribution in [3.8, 4) is 0 Å². The molecule has 2 rings (SSSR count). The summed E-state index contributed by atoms with van der Waals surface area (Å²) in [6, 6.07) is 11.0. The molecule has 3 nitrogen and oxygen atoms in total. The smallest absolute Gasteiger partial charge is 0.303 e. The third kappa shape index (κ3) is 4.76. The average molecular weight is 289 g/mol. The van der Waals surface area contributed by atoms with Crippen LogP contribution in [0.2, 0.25) is 0 Å². The van der Waals surface area contributed by atoms with Gasteiger partial charge in [0.2, 0.25) is 0 Å². The summed E-state index contributed by atoms with van der Waals surface area (Å²) in [5, 5.41) is 8.87. The zero-order chi connectivity index (χ0) is 15.2. The van der Waals surface area contributed by atoms with E-state index < -0.39 is 5.97 Å². The molecule has 0 aromatic heterocycles. The van der Waals surface area contributed by atoms with Crippen LogP contribution < -0.4 is 4.90 Å². The lowest BCUT2D eigenvalue weighted by Crippen LogP contribution is -2.41. The first-order valence-electron chi connectivity index (χ1n) is 8.09. The minimum Gasteiger partial charge on any atom is -0.481 e. The largest absolute Gasteiger partial charge is 0.481 e. The predicted octanol–water partition coefficient (Wildman–Crippen LogP) is 4.18. The molecule has 2 atom stereocenters. The van der Waals surface area contributed by atoms with Gasteiger partial charge in [-0.1, -0.05) is 32.0 Å². The summed E-state index contributed by atoms with van der Waals surface area (Å²) in [5.74, 6) is 0.808. The molecule has 1 N–H and O–H groups in total. The molecular weight excluding hydrogens is 262 g/mol. The summed E-state index contributed by atoms with van der Waals surface area (Å²) in [5.41, 5.74) is 1.23. The maximum absolute atomic E-state index is 10.8. The monoisotopic (exact) mass is 289 g/mol. The first-order valence-corrected chi connectivity index (χ1v) is 8.09. The highest BCUT2D eigenvalue weighted by atomic mass is 16.4. The molecule has 0 amide bonds. The molecule has 0 radical (unpaired) electrons. The van der Waals surface area contributed by atoms with Crippen LogP contribution in [0.15, 0.2) is 30.3 Å². The second-order valence-corrected chi connectivity index (χ2v) is 6.60. The molecule has 0 saturated heterocycles. The van der Waals surface area contributed by atoms with E-state index in [1.165, 1.54) is 24.9 Å². The average Bonchev–Trinajstić information content (AvgIpc) is 2.43. The Bertz CT molecular complexity index is 436. The molecular formula is C18H27NO2. The second kappa shape index (κ2) is 7.48. The molecule has 1 aliphatic carbocycles. The van der Waals surface area contributed by atoms with Gasteiger partial charge in [-0.25, -0.2) is 0 Å². The Morgan fingerprint density at radius 1 is 1.14 bits per heavy atom. The third-order valence-corrected chi connectivity index (χ3v) is 4.47. The quantitative estimate of drug-likeness (QED) is 0.854. The van der Waals surface area contributed by atoms with Gasteiger partial charge in [-0.05, 0) is 49.7 Å². The number of nitrogens with zero attached hydrogens (tertiary/aromatic N) is 1. The normalized spacial score (nSPS) is 25.5. The van der Waals surface area contributed by atoms with Crippen molar-refractivity contribution in [1.82, 2.24) is 0 Å². The van der Waals surface area contributed by atoms with E-state index in [2.05, 4.69) is 43.0 Å². The molecule has 3 heteroatoms. The van der Waals surface area contributed by atoms with Gasteiger partial charge in [0.1, 0.15) is 0 Å². The van der Waals surface area contributed by atoms with E-state index in [1.807, 2.05) is 6.07 Å². The Balaban J connectivity index is 2.09. The Morgan fingerprint density at radius 3 is 2.33 bits per heavy atom. The van der Waals surface area contributed by atoms with Crippen molar-refractivity contribution >= 4 is 11.7 Å². The van der Waals surface area contributed by atoms with Crippen molar-refractivity contribution in [3.05, 3.63) is 30.3 Å². The van der Waals surface area contributed by atoms with Crippen molar-refractivity contribution in [2.45, 2.75) is 52.0 Å². The van der Waals surface area contributed by atoms with Gasteiger partial charge in [-0.2, -0.15) is 0 Å². The van der Waals surface area contributed by atoms with E-state index in [4.69, 9.17) is 5.11 Å². The molecule has 21 heavy (non-hydrogen) atoms. The Labute approximate surface area is 128 Å². The van der Waals surface area contributed by atoms with Crippen LogP contribution in [-0.2, 0) is 4.79 Å². The molecule has 0 spiro atoms. The van der Waals surface area contributed by atoms with Crippen molar-refractivity contribution in [3.63, 3.8) is 0 Å². The molecule has 0 heterocycles. The lowest BCUT2D eigenvalue weighted by molar-refractivity contribution is -0.137. The molecule has 1 fully saturated rings. The highest BCUT2D eigenvalue weighted by Gasteiger charge is 2.28. The lowest BCUT2D eigenvalue weighted by Gasteiger charge is -2.40. The number of anilines is 1. The molecule has 1 aromatic carbocycles. The van der Waals surface area contributed by atoms with Gasteiger partial charge in [-0.15, -0.1) is 0 Å². The van der Waals surface area contributed by atoms with Crippen LogP contribution in [0, 0.1) is 11.8 Å². The number of carboxylic acid groups (broad SMARTS) is 1. The highest BCUT2D eigenvalue weighted by Crippen LogP contribution is 2.33. The minimum atomic E-state index is -0.701. The number of hydrogen-bond donors (Lipinski definition) is 1. The van der Waals surface area contributed by atoms with Crippen LogP contribution in [0.4, 0.5) is 5.69 Å². The molecule has 0 aliphatic heterocycles. The van der Waals surface area contributed by atoms with E-state index in [-0.39, 0.29) is 6.42 Å². The number of hydrogen-bond acceptors (Lipinski definition) is 2. The third-order valence-electron chi connectivity index (χ3n) is 4.47. The minimum absolute atomic E-state index is 0.251. The first-order chi connectivity index (χ1) is 10.1. The first kappa shape index (κ1) is 15.9. The molecule has 1 saturated carbocycles. The standard InChI is InChI=1S/C18H27NO2/c1-14-11-15(2)13-17(12-14)19(10-6-9-18(20)21)16-7-4-3-5-8-16/h3-5,7-8,14-15,17H,6,9-13H2,1-2H3,(H,20,21). The maximum atomic E-state index is 10.8. The number of carbonyl (C=O) groups is 1. The van der Waals surface area contributed by atoms with Gasteiger partial charge < -0.3 is 10.0 Å². The molecule has 2 unspecified atom stereocenters. The summed E-state index contributed by atoms with van der Waals surface area (Å²) < 4.78 is 0. The lowest BCUT2D eigenvalue weighted by atomic mass is 9.79. The van der Waals surface area contributed by atoms with Gasteiger partial charge in [-0.3, -0.25) is 4.79 Å². The summed E-state index contributed by atoms with van der Waals surface area (Å²) in [7, 11) is 0. The molecule has 1 aliphatic rings. The van der Waals surface area contributed by atoms with Crippen LogP contribution in [0.1, 0.15) is 46.0 Å². The molecule has 1 aromatic rings. The summed E-state index contributed by atoms with van der Waals surface area (Å²) in [6.45, 7) is 5.51. The number of carboxylic acids is 1. The SMILES string of the molecule is CC1CC(C)CC(N(CCCC(=O)O)c2ccccc2)C1. The Kier molecular flexibility index (Phi) is 5.66. The second-order valence-electron chi connectivity index (χ2n) is 6.60. The molecule has 116 valence electrons. The van der Waals surface area contributed by atoms with Gasteiger partial charge in [0.25, 0.3) is 0 Å². The van der Waals surface area contributed by atoms with Crippen LogP contribution >= 0.6 is 0 Å².